The second-order valence-electron chi connectivity index (χ2n) is 8.86. The van der Waals surface area contributed by atoms with Gasteiger partial charge < -0.3 is 15.0 Å². The summed E-state index contributed by atoms with van der Waals surface area (Å²) in [6.45, 7) is 6.76. The highest BCUT2D eigenvalue weighted by atomic mass is 32.2. The van der Waals surface area contributed by atoms with Gasteiger partial charge in [0.05, 0.1) is 30.8 Å². The zero-order valence-corrected chi connectivity index (χ0v) is 21.4. The third kappa shape index (κ3) is 5.35. The standard InChI is InChI=1S/C28H31N3O3S/c1-5-23-25(27(33)34-4)26(21-13-11-20(12-14-21)18(2)3)31-22(17-35-28(31)30-23)15-24(32)29-16-19-9-7-6-8-10-19/h6-14,17-18,26H,5,15-16H2,1-4H3,(H,29,32). The topological polar surface area (TPSA) is 71.0 Å². The summed E-state index contributed by atoms with van der Waals surface area (Å²) in [6.07, 6.45) is 0.797. The van der Waals surface area contributed by atoms with E-state index in [-0.39, 0.29) is 12.3 Å². The first-order valence-electron chi connectivity index (χ1n) is 11.9. The number of aliphatic imine (C=N–C) groups is 1. The number of amides is 1. The minimum Gasteiger partial charge on any atom is -0.466 e. The number of methoxy groups -OCH3 is 1. The molecule has 2 aromatic carbocycles. The van der Waals surface area contributed by atoms with Crippen LogP contribution in [0.25, 0.3) is 0 Å². The van der Waals surface area contributed by atoms with E-state index in [1.54, 1.807) is 0 Å². The molecule has 0 fully saturated rings. The number of carbonyl (C=O) groups excluding carboxylic acids is 2. The Kier molecular flexibility index (Phi) is 7.76. The van der Waals surface area contributed by atoms with E-state index in [4.69, 9.17) is 9.73 Å². The third-order valence-electron chi connectivity index (χ3n) is 6.22. The number of hydrogen-bond acceptors (Lipinski definition) is 6. The summed E-state index contributed by atoms with van der Waals surface area (Å²) in [5.74, 6) is -0.0754. The number of ether oxygens (including phenoxy) is 1. The van der Waals surface area contributed by atoms with Crippen LogP contribution in [-0.4, -0.2) is 29.1 Å². The lowest BCUT2D eigenvalue weighted by atomic mass is 9.91. The maximum absolute atomic E-state index is 13.0. The molecule has 0 aromatic heterocycles. The van der Waals surface area contributed by atoms with Crippen LogP contribution in [0.4, 0.5) is 0 Å². The van der Waals surface area contributed by atoms with Crippen LogP contribution < -0.4 is 5.32 Å². The molecule has 2 aliphatic rings. The van der Waals surface area contributed by atoms with Crippen LogP contribution in [0, 0.1) is 0 Å². The molecule has 35 heavy (non-hydrogen) atoms. The molecule has 0 bridgehead atoms. The molecule has 2 aromatic rings. The zero-order valence-electron chi connectivity index (χ0n) is 20.6. The fourth-order valence-electron chi connectivity index (χ4n) is 4.31. The van der Waals surface area contributed by atoms with Crippen LogP contribution >= 0.6 is 11.8 Å². The molecule has 6 nitrogen and oxygen atoms in total. The highest BCUT2D eigenvalue weighted by molar-refractivity contribution is 8.16. The van der Waals surface area contributed by atoms with Gasteiger partial charge in [-0.05, 0) is 34.4 Å². The Morgan fingerprint density at radius 2 is 1.83 bits per heavy atom. The number of nitrogens with one attached hydrogen (secondary N) is 1. The lowest BCUT2D eigenvalue weighted by molar-refractivity contribution is -0.136. The molecule has 0 aliphatic carbocycles. The molecule has 1 N–H and O–H groups in total. The Bertz CT molecular complexity index is 1180. The van der Waals surface area contributed by atoms with Gasteiger partial charge in [0.25, 0.3) is 0 Å². The molecule has 4 rings (SSSR count). The van der Waals surface area contributed by atoms with Crippen molar-refractivity contribution in [2.75, 3.05) is 7.11 Å². The van der Waals surface area contributed by atoms with E-state index in [0.29, 0.717) is 24.5 Å². The largest absolute Gasteiger partial charge is 0.466 e. The van der Waals surface area contributed by atoms with Gasteiger partial charge in [0.15, 0.2) is 5.17 Å². The number of nitrogens with zero attached hydrogens (tertiary/aromatic N) is 2. The molecule has 2 heterocycles. The number of amidine groups is 1. The molecule has 1 atom stereocenters. The summed E-state index contributed by atoms with van der Waals surface area (Å²) >= 11 is 1.49. The monoisotopic (exact) mass is 489 g/mol. The minimum atomic E-state index is -0.408. The van der Waals surface area contributed by atoms with Crippen molar-refractivity contribution in [1.82, 2.24) is 10.2 Å². The summed E-state index contributed by atoms with van der Waals surface area (Å²) in [5.41, 5.74) is 5.29. The van der Waals surface area contributed by atoms with Gasteiger partial charge in [-0.3, -0.25) is 4.79 Å². The van der Waals surface area contributed by atoms with Crippen LogP contribution in [0.5, 0.6) is 0 Å². The van der Waals surface area contributed by atoms with Gasteiger partial charge >= 0.3 is 5.97 Å². The van der Waals surface area contributed by atoms with E-state index in [2.05, 4.69) is 43.4 Å². The summed E-state index contributed by atoms with van der Waals surface area (Å²) in [6, 6.07) is 17.8. The van der Waals surface area contributed by atoms with Crippen molar-refractivity contribution in [3.8, 4) is 0 Å². The van der Waals surface area contributed by atoms with Gasteiger partial charge in [0.2, 0.25) is 5.91 Å². The molecule has 0 radical (unpaired) electrons. The zero-order chi connectivity index (χ0) is 24.9. The summed E-state index contributed by atoms with van der Waals surface area (Å²) in [4.78, 5) is 32.7. The number of carbonyl (C=O) groups is 2. The van der Waals surface area contributed by atoms with Crippen LogP contribution in [0.1, 0.15) is 62.3 Å². The lowest BCUT2D eigenvalue weighted by Gasteiger charge is -2.36. The second kappa shape index (κ2) is 11.0. The van der Waals surface area contributed by atoms with Crippen LogP contribution in [0.15, 0.2) is 82.0 Å². The Balaban J connectivity index is 1.64. The average molecular weight is 490 g/mol. The first-order valence-corrected chi connectivity index (χ1v) is 12.8. The van der Waals surface area contributed by atoms with E-state index in [1.165, 1.54) is 24.4 Å². The molecule has 0 spiro atoms. The molecular weight excluding hydrogens is 458 g/mol. The van der Waals surface area contributed by atoms with Crippen molar-refractivity contribution >= 4 is 28.8 Å². The smallest absolute Gasteiger partial charge is 0.338 e. The Morgan fingerprint density at radius 3 is 2.46 bits per heavy atom. The van der Waals surface area contributed by atoms with Gasteiger partial charge in [-0.15, -0.1) is 0 Å². The highest BCUT2D eigenvalue weighted by Crippen LogP contribution is 2.45. The predicted octanol–water partition coefficient (Wildman–Crippen LogP) is 5.65. The quantitative estimate of drug-likeness (QED) is 0.485. The van der Waals surface area contributed by atoms with E-state index in [1.807, 2.05) is 47.6 Å². The van der Waals surface area contributed by atoms with Crippen LogP contribution in [-0.2, 0) is 20.9 Å². The third-order valence-corrected chi connectivity index (χ3v) is 7.11. The Morgan fingerprint density at radius 1 is 1.11 bits per heavy atom. The summed E-state index contributed by atoms with van der Waals surface area (Å²) in [7, 11) is 1.40. The molecule has 2 aliphatic heterocycles. The number of allylic oxidation sites excluding steroid dienone is 1. The number of benzene rings is 2. The van der Waals surface area contributed by atoms with Crippen molar-refractivity contribution < 1.29 is 14.3 Å². The minimum absolute atomic E-state index is 0.0826. The molecule has 1 unspecified atom stereocenters. The molecule has 182 valence electrons. The Hall–Kier alpha value is -3.32. The summed E-state index contributed by atoms with van der Waals surface area (Å²) in [5, 5.41) is 5.74. The normalized spacial score (nSPS) is 17.2. The van der Waals surface area contributed by atoms with Crippen molar-refractivity contribution in [2.45, 2.75) is 52.1 Å². The summed E-state index contributed by atoms with van der Waals surface area (Å²) < 4.78 is 5.19. The average Bonchev–Trinajstić information content (AvgIpc) is 3.28. The Labute approximate surface area is 211 Å². The van der Waals surface area contributed by atoms with Gasteiger partial charge in [-0.1, -0.05) is 87.1 Å². The van der Waals surface area contributed by atoms with Gasteiger partial charge in [-0.25, -0.2) is 9.79 Å². The number of thioether (sulfide) groups is 1. The predicted molar refractivity (Wildman–Crippen MR) is 140 cm³/mol. The van der Waals surface area contributed by atoms with Crippen LogP contribution in [0.2, 0.25) is 0 Å². The number of fused-ring (bicyclic) bond motifs is 1. The molecule has 1 amide bonds. The number of esters is 1. The maximum Gasteiger partial charge on any atom is 0.338 e. The SMILES string of the molecule is CCC1=C(C(=O)OC)C(c2ccc(C(C)C)cc2)N2C(CC(=O)NCc3ccccc3)=CSC2=N1. The number of hydrogen-bond donors (Lipinski definition) is 1. The van der Waals surface area contributed by atoms with Crippen molar-refractivity contribution in [3.63, 3.8) is 0 Å². The molecule has 0 saturated carbocycles. The van der Waals surface area contributed by atoms with E-state index < -0.39 is 12.0 Å². The van der Waals surface area contributed by atoms with Gasteiger partial charge in [-0.2, -0.15) is 0 Å². The van der Waals surface area contributed by atoms with Crippen molar-refractivity contribution in [1.29, 1.82) is 0 Å². The molecule has 7 heteroatoms. The first kappa shape index (κ1) is 24.8. The van der Waals surface area contributed by atoms with E-state index >= 15 is 0 Å². The van der Waals surface area contributed by atoms with Gasteiger partial charge in [0.1, 0.15) is 0 Å². The fourth-order valence-corrected chi connectivity index (χ4v) is 5.25. The van der Waals surface area contributed by atoms with Crippen LogP contribution in [0.3, 0.4) is 0 Å². The molecular formula is C28H31N3O3S. The lowest BCUT2D eigenvalue weighted by Crippen LogP contribution is -2.38. The first-order chi connectivity index (χ1) is 16.9. The van der Waals surface area contributed by atoms with Crippen molar-refractivity contribution in [2.24, 2.45) is 4.99 Å². The number of rotatable bonds is 8. The van der Waals surface area contributed by atoms with E-state index in [9.17, 15) is 9.59 Å². The van der Waals surface area contributed by atoms with Gasteiger partial charge in [0, 0.05) is 12.2 Å². The van der Waals surface area contributed by atoms with Crippen molar-refractivity contribution in [3.05, 3.63) is 93.7 Å². The maximum atomic E-state index is 13.0. The fraction of sp³-hybridized carbons (Fsp3) is 0.321. The van der Waals surface area contributed by atoms with E-state index in [0.717, 1.165) is 27.7 Å². The second-order valence-corrected chi connectivity index (χ2v) is 9.70. The highest BCUT2D eigenvalue weighted by Gasteiger charge is 2.41. The molecule has 0 saturated heterocycles.